The van der Waals surface area contributed by atoms with Gasteiger partial charge < -0.3 is 24.8 Å². The van der Waals surface area contributed by atoms with Gasteiger partial charge in [-0.05, 0) is 24.5 Å². The van der Waals surface area contributed by atoms with Crippen LogP contribution in [0.25, 0.3) is 0 Å². The summed E-state index contributed by atoms with van der Waals surface area (Å²) in [6.45, 7) is 6.20. The highest BCUT2D eigenvalue weighted by Gasteiger charge is 2.35. The number of para-hydroxylation sites is 1. The Kier molecular flexibility index (Phi) is 7.18. The summed E-state index contributed by atoms with van der Waals surface area (Å²) in [6, 6.07) is 14.0. The minimum atomic E-state index is -0.741. The van der Waals surface area contributed by atoms with Crippen molar-refractivity contribution in [2.24, 2.45) is 5.92 Å². The summed E-state index contributed by atoms with van der Waals surface area (Å²) in [5.74, 6) is 0.674. The van der Waals surface area contributed by atoms with Crippen LogP contribution in [0.3, 0.4) is 0 Å². The summed E-state index contributed by atoms with van der Waals surface area (Å²) < 4.78 is 17.1. The fourth-order valence-electron chi connectivity index (χ4n) is 3.32. The standard InChI is InChI=1S/C24H28N2O5/c1-15(2)13-31-23(27)20-16(3)25-24(28)26-21(20)18-11-8-12-19(29-4)22(18)30-14-17-9-6-5-7-10-17/h5-12,15,21H,13-14H2,1-4H3,(H2,25,26,28). The van der Waals surface area contributed by atoms with Gasteiger partial charge in [0.1, 0.15) is 6.61 Å². The number of hydrogen-bond acceptors (Lipinski definition) is 5. The zero-order chi connectivity index (χ0) is 22.4. The molecule has 0 radical (unpaired) electrons. The second kappa shape index (κ2) is 10.0. The number of allylic oxidation sites excluding steroid dienone is 1. The Balaban J connectivity index is 1.99. The highest BCUT2D eigenvalue weighted by Crippen LogP contribution is 2.39. The Bertz CT molecular complexity index is 969. The number of ether oxygens (including phenoxy) is 3. The van der Waals surface area contributed by atoms with Crippen LogP contribution in [0.5, 0.6) is 11.5 Å². The van der Waals surface area contributed by atoms with Crippen LogP contribution in [0.4, 0.5) is 4.79 Å². The Morgan fingerprint density at radius 3 is 2.52 bits per heavy atom. The number of benzene rings is 2. The summed E-state index contributed by atoms with van der Waals surface area (Å²) >= 11 is 0. The van der Waals surface area contributed by atoms with Crippen molar-refractivity contribution in [3.63, 3.8) is 0 Å². The van der Waals surface area contributed by atoms with E-state index in [1.54, 1.807) is 26.2 Å². The monoisotopic (exact) mass is 424 g/mol. The largest absolute Gasteiger partial charge is 0.493 e. The highest BCUT2D eigenvalue weighted by atomic mass is 16.5. The first-order valence-electron chi connectivity index (χ1n) is 10.2. The lowest BCUT2D eigenvalue weighted by atomic mass is 9.94. The van der Waals surface area contributed by atoms with Crippen molar-refractivity contribution in [3.05, 3.63) is 70.9 Å². The molecule has 2 aromatic carbocycles. The third-order valence-electron chi connectivity index (χ3n) is 4.80. The fourth-order valence-corrected chi connectivity index (χ4v) is 3.32. The van der Waals surface area contributed by atoms with Crippen molar-refractivity contribution < 1.29 is 23.8 Å². The second-order valence-corrected chi connectivity index (χ2v) is 7.72. The molecule has 1 unspecified atom stereocenters. The molecule has 1 aliphatic heterocycles. The lowest BCUT2D eigenvalue weighted by Crippen LogP contribution is -2.45. The maximum absolute atomic E-state index is 12.9. The third kappa shape index (κ3) is 5.36. The van der Waals surface area contributed by atoms with Gasteiger partial charge in [-0.2, -0.15) is 0 Å². The van der Waals surface area contributed by atoms with Gasteiger partial charge in [-0.3, -0.25) is 0 Å². The number of amides is 2. The average molecular weight is 424 g/mol. The Morgan fingerprint density at radius 2 is 1.84 bits per heavy atom. The number of rotatable bonds is 8. The molecule has 0 bridgehead atoms. The lowest BCUT2D eigenvalue weighted by Gasteiger charge is -2.30. The molecule has 1 atom stereocenters. The number of carbonyl (C=O) groups excluding carboxylic acids is 2. The molecule has 0 fully saturated rings. The van der Waals surface area contributed by atoms with E-state index in [1.165, 1.54) is 0 Å². The van der Waals surface area contributed by atoms with Gasteiger partial charge in [0.15, 0.2) is 11.5 Å². The first kappa shape index (κ1) is 22.2. The SMILES string of the molecule is COc1cccc(C2NC(=O)NC(C)=C2C(=O)OCC(C)C)c1OCc1ccccc1. The quantitative estimate of drug-likeness (QED) is 0.623. The smallest absolute Gasteiger partial charge is 0.338 e. The van der Waals surface area contributed by atoms with E-state index in [9.17, 15) is 9.59 Å². The first-order valence-corrected chi connectivity index (χ1v) is 10.2. The predicted molar refractivity (Wildman–Crippen MR) is 117 cm³/mol. The van der Waals surface area contributed by atoms with Crippen LogP contribution in [0, 0.1) is 5.92 Å². The first-order chi connectivity index (χ1) is 14.9. The third-order valence-corrected chi connectivity index (χ3v) is 4.80. The number of hydrogen-bond donors (Lipinski definition) is 2. The molecule has 164 valence electrons. The van der Waals surface area contributed by atoms with Gasteiger partial charge in [-0.1, -0.05) is 56.3 Å². The van der Waals surface area contributed by atoms with E-state index < -0.39 is 18.0 Å². The van der Waals surface area contributed by atoms with Crippen molar-refractivity contribution in [3.8, 4) is 11.5 Å². The topological polar surface area (TPSA) is 85.9 Å². The molecule has 7 nitrogen and oxygen atoms in total. The molecule has 31 heavy (non-hydrogen) atoms. The van der Waals surface area contributed by atoms with Gasteiger partial charge in [0.25, 0.3) is 0 Å². The fraction of sp³-hybridized carbons (Fsp3) is 0.333. The van der Waals surface area contributed by atoms with Gasteiger partial charge in [0.05, 0.1) is 25.3 Å². The van der Waals surface area contributed by atoms with E-state index in [-0.39, 0.29) is 12.5 Å². The van der Waals surface area contributed by atoms with Crippen molar-refractivity contribution in [2.45, 2.75) is 33.4 Å². The van der Waals surface area contributed by atoms with Gasteiger partial charge in [0, 0.05) is 11.3 Å². The van der Waals surface area contributed by atoms with Crippen molar-refractivity contribution in [1.29, 1.82) is 0 Å². The van der Waals surface area contributed by atoms with Gasteiger partial charge in [-0.15, -0.1) is 0 Å². The summed E-state index contributed by atoms with van der Waals surface area (Å²) in [6.07, 6.45) is 0. The molecule has 7 heteroatoms. The van der Waals surface area contributed by atoms with Crippen LogP contribution in [0.2, 0.25) is 0 Å². The van der Waals surface area contributed by atoms with E-state index >= 15 is 0 Å². The van der Waals surface area contributed by atoms with E-state index in [0.29, 0.717) is 34.9 Å². The Labute approximate surface area is 182 Å². The predicted octanol–water partition coefficient (Wildman–Crippen LogP) is 4.10. The summed E-state index contributed by atoms with van der Waals surface area (Å²) in [4.78, 5) is 25.2. The number of nitrogens with one attached hydrogen (secondary N) is 2. The molecule has 1 aliphatic rings. The molecule has 0 spiro atoms. The molecule has 0 saturated carbocycles. The van der Waals surface area contributed by atoms with E-state index in [0.717, 1.165) is 5.56 Å². The van der Waals surface area contributed by atoms with Crippen LogP contribution >= 0.6 is 0 Å². The van der Waals surface area contributed by atoms with Crippen LogP contribution in [0.1, 0.15) is 37.9 Å². The van der Waals surface area contributed by atoms with Crippen LogP contribution in [-0.4, -0.2) is 25.7 Å². The molecular weight excluding hydrogens is 396 g/mol. The van der Waals surface area contributed by atoms with E-state index in [4.69, 9.17) is 14.2 Å². The van der Waals surface area contributed by atoms with Crippen molar-refractivity contribution in [1.82, 2.24) is 10.6 Å². The van der Waals surface area contributed by atoms with Gasteiger partial charge in [0.2, 0.25) is 0 Å². The van der Waals surface area contributed by atoms with Crippen LogP contribution < -0.4 is 20.1 Å². The average Bonchev–Trinajstić information content (AvgIpc) is 2.76. The molecule has 1 heterocycles. The Morgan fingerprint density at radius 1 is 1.10 bits per heavy atom. The number of methoxy groups -OCH3 is 1. The lowest BCUT2D eigenvalue weighted by molar-refractivity contribution is -0.140. The number of esters is 1. The van der Waals surface area contributed by atoms with E-state index in [1.807, 2.05) is 50.2 Å². The minimum Gasteiger partial charge on any atom is -0.493 e. The molecule has 0 saturated heterocycles. The molecule has 2 aromatic rings. The van der Waals surface area contributed by atoms with Crippen molar-refractivity contribution >= 4 is 12.0 Å². The normalized spacial score (nSPS) is 15.9. The maximum Gasteiger partial charge on any atom is 0.338 e. The van der Waals surface area contributed by atoms with Crippen LogP contribution in [0.15, 0.2) is 59.8 Å². The van der Waals surface area contributed by atoms with E-state index in [2.05, 4.69) is 10.6 Å². The summed E-state index contributed by atoms with van der Waals surface area (Å²) in [5.41, 5.74) is 2.37. The summed E-state index contributed by atoms with van der Waals surface area (Å²) in [7, 11) is 1.55. The minimum absolute atomic E-state index is 0.191. The highest BCUT2D eigenvalue weighted by molar-refractivity contribution is 5.95. The molecular formula is C24H28N2O5. The number of urea groups is 1. The maximum atomic E-state index is 12.9. The Hall–Kier alpha value is -3.48. The van der Waals surface area contributed by atoms with Gasteiger partial charge in [-0.25, -0.2) is 9.59 Å². The molecule has 2 amide bonds. The zero-order valence-electron chi connectivity index (χ0n) is 18.2. The van der Waals surface area contributed by atoms with Gasteiger partial charge >= 0.3 is 12.0 Å². The molecule has 2 N–H and O–H groups in total. The zero-order valence-corrected chi connectivity index (χ0v) is 18.2. The molecule has 3 rings (SSSR count). The summed E-state index contributed by atoms with van der Waals surface area (Å²) in [5, 5.41) is 5.49. The molecule has 0 aromatic heterocycles. The molecule has 0 aliphatic carbocycles. The van der Waals surface area contributed by atoms with Crippen molar-refractivity contribution in [2.75, 3.05) is 13.7 Å². The number of carbonyl (C=O) groups is 2. The second-order valence-electron chi connectivity index (χ2n) is 7.72. The van der Waals surface area contributed by atoms with Crippen LogP contribution in [-0.2, 0) is 16.1 Å².